The second-order valence-corrected chi connectivity index (χ2v) is 3.32. The van der Waals surface area contributed by atoms with Gasteiger partial charge in [-0.15, -0.1) is 0 Å². The fraction of sp³-hybridized carbons (Fsp3) is 0.600. The molecule has 0 radical (unpaired) electrons. The van der Waals surface area contributed by atoms with Gasteiger partial charge < -0.3 is 9.32 Å². The van der Waals surface area contributed by atoms with Crippen LogP contribution < -0.4 is 0 Å². The Morgan fingerprint density at radius 2 is 2.36 bits per heavy atom. The lowest BCUT2D eigenvalue weighted by Crippen LogP contribution is -2.27. The Kier molecular flexibility index (Phi) is 3.68. The van der Waals surface area contributed by atoms with Gasteiger partial charge in [0.05, 0.1) is 6.20 Å². The van der Waals surface area contributed by atoms with Crippen molar-refractivity contribution < 1.29 is 9.21 Å². The van der Waals surface area contributed by atoms with Crippen molar-refractivity contribution in [2.24, 2.45) is 0 Å². The van der Waals surface area contributed by atoms with Crippen LogP contribution in [0.4, 0.5) is 0 Å². The van der Waals surface area contributed by atoms with Crippen LogP contribution in [0.2, 0.25) is 0 Å². The lowest BCUT2D eigenvalue weighted by Gasteiger charge is -2.14. The monoisotopic (exact) mass is 196 g/mol. The molecule has 0 aliphatic carbocycles. The maximum absolute atomic E-state index is 11.7. The SMILES string of the molecule is CCCCN(C)C(=O)c1cnc(C)o1. The molecule has 0 unspecified atom stereocenters. The van der Waals surface area contributed by atoms with Crippen molar-refractivity contribution >= 4 is 5.91 Å². The first-order chi connectivity index (χ1) is 6.65. The van der Waals surface area contributed by atoms with Crippen LogP contribution in [0.5, 0.6) is 0 Å². The van der Waals surface area contributed by atoms with Gasteiger partial charge in [0.2, 0.25) is 5.76 Å². The highest BCUT2D eigenvalue weighted by molar-refractivity contribution is 5.90. The van der Waals surface area contributed by atoms with Gasteiger partial charge in [0.25, 0.3) is 5.91 Å². The molecule has 0 bridgehead atoms. The number of amides is 1. The van der Waals surface area contributed by atoms with Gasteiger partial charge in [0, 0.05) is 20.5 Å². The summed E-state index contributed by atoms with van der Waals surface area (Å²) < 4.78 is 5.14. The van der Waals surface area contributed by atoms with Gasteiger partial charge in [0.15, 0.2) is 5.89 Å². The number of aromatic nitrogens is 1. The fourth-order valence-corrected chi connectivity index (χ4v) is 1.15. The molecule has 14 heavy (non-hydrogen) atoms. The van der Waals surface area contributed by atoms with Gasteiger partial charge >= 0.3 is 0 Å². The number of unbranched alkanes of at least 4 members (excludes halogenated alkanes) is 1. The third kappa shape index (κ3) is 2.58. The van der Waals surface area contributed by atoms with E-state index < -0.39 is 0 Å². The Bertz CT molecular complexity index is 307. The number of aryl methyl sites for hydroxylation is 1. The van der Waals surface area contributed by atoms with E-state index in [1.807, 2.05) is 0 Å². The summed E-state index contributed by atoms with van der Waals surface area (Å²) in [6.07, 6.45) is 3.56. The van der Waals surface area contributed by atoms with Crippen molar-refractivity contribution in [1.82, 2.24) is 9.88 Å². The molecule has 0 spiro atoms. The molecule has 0 saturated heterocycles. The molecule has 1 aromatic heterocycles. The summed E-state index contributed by atoms with van der Waals surface area (Å²) in [6, 6.07) is 0. The summed E-state index contributed by atoms with van der Waals surface area (Å²) in [7, 11) is 1.77. The maximum atomic E-state index is 11.7. The van der Waals surface area contributed by atoms with E-state index in [-0.39, 0.29) is 5.91 Å². The molecule has 4 nitrogen and oxygen atoms in total. The Morgan fingerprint density at radius 3 is 2.86 bits per heavy atom. The normalized spacial score (nSPS) is 10.2. The average Bonchev–Trinajstić information content (AvgIpc) is 2.60. The average molecular weight is 196 g/mol. The zero-order valence-corrected chi connectivity index (χ0v) is 8.91. The van der Waals surface area contributed by atoms with Gasteiger partial charge in [-0.3, -0.25) is 4.79 Å². The van der Waals surface area contributed by atoms with E-state index in [9.17, 15) is 4.79 Å². The molecule has 0 aliphatic rings. The van der Waals surface area contributed by atoms with Crippen LogP contribution in [-0.4, -0.2) is 29.4 Å². The number of hydrogen-bond acceptors (Lipinski definition) is 3. The first kappa shape index (κ1) is 10.8. The van der Waals surface area contributed by atoms with Crippen LogP contribution in [-0.2, 0) is 0 Å². The highest BCUT2D eigenvalue weighted by Crippen LogP contribution is 2.06. The van der Waals surface area contributed by atoms with Crippen molar-refractivity contribution in [3.05, 3.63) is 17.8 Å². The molecule has 78 valence electrons. The van der Waals surface area contributed by atoms with Crippen molar-refractivity contribution in [1.29, 1.82) is 0 Å². The predicted octanol–water partition coefficient (Wildman–Crippen LogP) is 1.86. The molecule has 0 saturated carbocycles. The lowest BCUT2D eigenvalue weighted by molar-refractivity contribution is 0.0760. The summed E-state index contributed by atoms with van der Waals surface area (Å²) in [6.45, 7) is 4.58. The van der Waals surface area contributed by atoms with E-state index in [2.05, 4.69) is 11.9 Å². The van der Waals surface area contributed by atoms with Gasteiger partial charge in [-0.2, -0.15) is 0 Å². The molecular weight excluding hydrogens is 180 g/mol. The highest BCUT2D eigenvalue weighted by atomic mass is 16.4. The van der Waals surface area contributed by atoms with Crippen molar-refractivity contribution in [2.75, 3.05) is 13.6 Å². The third-order valence-electron chi connectivity index (χ3n) is 2.03. The predicted molar refractivity (Wildman–Crippen MR) is 53.1 cm³/mol. The minimum absolute atomic E-state index is 0.0981. The largest absolute Gasteiger partial charge is 0.436 e. The number of rotatable bonds is 4. The number of carbonyl (C=O) groups is 1. The first-order valence-corrected chi connectivity index (χ1v) is 4.83. The number of nitrogens with zero attached hydrogens (tertiary/aromatic N) is 2. The van der Waals surface area contributed by atoms with E-state index >= 15 is 0 Å². The molecule has 0 atom stereocenters. The van der Waals surface area contributed by atoms with Gasteiger partial charge in [-0.25, -0.2) is 4.98 Å². The molecule has 0 aliphatic heterocycles. The maximum Gasteiger partial charge on any atom is 0.291 e. The van der Waals surface area contributed by atoms with Crippen molar-refractivity contribution in [3.8, 4) is 0 Å². The topological polar surface area (TPSA) is 46.3 Å². The molecule has 0 N–H and O–H groups in total. The van der Waals surface area contributed by atoms with Crippen LogP contribution in [0, 0.1) is 6.92 Å². The zero-order chi connectivity index (χ0) is 10.6. The molecule has 1 rings (SSSR count). The molecular formula is C10H16N2O2. The van der Waals surface area contributed by atoms with Crippen LogP contribution in [0.3, 0.4) is 0 Å². The summed E-state index contributed by atoms with van der Waals surface area (Å²) in [5, 5.41) is 0. The highest BCUT2D eigenvalue weighted by Gasteiger charge is 2.15. The van der Waals surface area contributed by atoms with Gasteiger partial charge in [0.1, 0.15) is 0 Å². The summed E-state index contributed by atoms with van der Waals surface area (Å²) in [4.78, 5) is 17.2. The lowest BCUT2D eigenvalue weighted by atomic mass is 10.3. The fourth-order valence-electron chi connectivity index (χ4n) is 1.15. The van der Waals surface area contributed by atoms with Gasteiger partial charge in [-0.05, 0) is 6.42 Å². The van der Waals surface area contributed by atoms with E-state index in [1.165, 1.54) is 6.20 Å². The Balaban J connectivity index is 2.56. The van der Waals surface area contributed by atoms with Crippen molar-refractivity contribution in [3.63, 3.8) is 0 Å². The Labute approximate surface area is 83.9 Å². The molecule has 1 heterocycles. The van der Waals surface area contributed by atoms with Crippen LogP contribution in [0.25, 0.3) is 0 Å². The molecule has 1 aromatic rings. The van der Waals surface area contributed by atoms with E-state index in [4.69, 9.17) is 4.42 Å². The third-order valence-corrected chi connectivity index (χ3v) is 2.03. The number of oxazole rings is 1. The smallest absolute Gasteiger partial charge is 0.291 e. The number of carbonyl (C=O) groups excluding carboxylic acids is 1. The van der Waals surface area contributed by atoms with E-state index in [0.29, 0.717) is 11.7 Å². The minimum atomic E-state index is -0.0981. The quantitative estimate of drug-likeness (QED) is 0.738. The standard InChI is InChI=1S/C10H16N2O2/c1-4-5-6-12(3)10(13)9-7-11-8(2)14-9/h7H,4-6H2,1-3H3. The van der Waals surface area contributed by atoms with Gasteiger partial charge in [-0.1, -0.05) is 13.3 Å². The molecule has 0 fully saturated rings. The summed E-state index contributed by atoms with van der Waals surface area (Å²) >= 11 is 0. The Hall–Kier alpha value is -1.32. The van der Waals surface area contributed by atoms with Crippen molar-refractivity contribution in [2.45, 2.75) is 26.7 Å². The van der Waals surface area contributed by atoms with E-state index in [1.54, 1.807) is 18.9 Å². The van der Waals surface area contributed by atoms with E-state index in [0.717, 1.165) is 19.4 Å². The van der Waals surface area contributed by atoms with Crippen LogP contribution >= 0.6 is 0 Å². The summed E-state index contributed by atoms with van der Waals surface area (Å²) in [5.74, 6) is 0.748. The van der Waals surface area contributed by atoms with Crippen LogP contribution in [0.15, 0.2) is 10.6 Å². The molecule has 0 aromatic carbocycles. The second kappa shape index (κ2) is 4.79. The molecule has 4 heteroatoms. The minimum Gasteiger partial charge on any atom is -0.436 e. The number of hydrogen-bond donors (Lipinski definition) is 0. The zero-order valence-electron chi connectivity index (χ0n) is 8.91. The summed E-state index contributed by atoms with van der Waals surface area (Å²) in [5.41, 5.74) is 0. The second-order valence-electron chi connectivity index (χ2n) is 3.32. The molecule has 1 amide bonds. The Morgan fingerprint density at radius 1 is 1.64 bits per heavy atom. The van der Waals surface area contributed by atoms with Crippen LogP contribution in [0.1, 0.15) is 36.2 Å². The first-order valence-electron chi connectivity index (χ1n) is 4.83.